The second-order valence-corrected chi connectivity index (χ2v) is 12.5. The SMILES string of the molecule is CCCC1=C([C@H](O)CC/C(=C/c2cccc(O)c2)c2ccccn2)[C@H](CO)[C@@H]2C(=O)N(c3ccc(Nc4ccccc4)cc3)C(=O)[C@@H]2C1. The summed E-state index contributed by atoms with van der Waals surface area (Å²) in [4.78, 5) is 33.7. The number of carbonyl (C=O) groups excluding carboxylic acids is 2. The van der Waals surface area contributed by atoms with Gasteiger partial charge in [0.2, 0.25) is 11.8 Å². The van der Waals surface area contributed by atoms with Gasteiger partial charge in [0.15, 0.2) is 0 Å². The summed E-state index contributed by atoms with van der Waals surface area (Å²) in [7, 11) is 0. The van der Waals surface area contributed by atoms with E-state index in [1.807, 2.05) is 79.7 Å². The van der Waals surface area contributed by atoms with Crippen LogP contribution in [0, 0.1) is 17.8 Å². The molecule has 0 unspecified atom stereocenters. The Kier molecular flexibility index (Phi) is 10.1. The number of phenols is 1. The molecule has 0 spiro atoms. The van der Waals surface area contributed by atoms with Gasteiger partial charge in [-0.25, -0.2) is 0 Å². The number of hydrogen-bond acceptors (Lipinski definition) is 7. The summed E-state index contributed by atoms with van der Waals surface area (Å²) in [6.07, 6.45) is 5.39. The van der Waals surface area contributed by atoms with Crippen molar-refractivity contribution in [2.75, 3.05) is 16.8 Å². The third-order valence-electron chi connectivity index (χ3n) is 9.37. The molecule has 1 fully saturated rings. The van der Waals surface area contributed by atoms with Gasteiger partial charge < -0.3 is 20.6 Å². The first kappa shape index (κ1) is 32.9. The number of pyridine rings is 1. The van der Waals surface area contributed by atoms with Gasteiger partial charge in [-0.2, -0.15) is 0 Å². The first-order valence-electron chi connectivity index (χ1n) is 16.6. The maximum Gasteiger partial charge on any atom is 0.238 e. The zero-order valence-electron chi connectivity index (χ0n) is 27.0. The highest BCUT2D eigenvalue weighted by Gasteiger charge is 2.55. The van der Waals surface area contributed by atoms with Crippen LogP contribution >= 0.6 is 0 Å². The fraction of sp³-hybridized carbons (Fsp3) is 0.275. The quantitative estimate of drug-likeness (QED) is 0.0957. The second kappa shape index (κ2) is 14.8. The standard InChI is InChI=1S/C40H41N3O5/c1-2-9-28-24-33-38(40(48)43(39(33)47)31-18-16-30(17-19-31)42-29-11-4-3-5-12-29)34(25-44)37(28)36(46)20-15-27(35-14-6-7-21-41-35)22-26-10-8-13-32(45)23-26/h3-8,10-14,16-19,21-23,33-34,36,38,42,44-46H,2,9,15,20,24-25H2,1H3/b27-22-/t33-,34+,36-,38-/m1/s1. The number of allylic oxidation sites excluding steroid dienone is 2. The number of carbonyl (C=O) groups is 2. The van der Waals surface area contributed by atoms with Crippen LogP contribution in [0.1, 0.15) is 50.3 Å². The first-order valence-corrected chi connectivity index (χ1v) is 16.6. The molecule has 48 heavy (non-hydrogen) atoms. The van der Waals surface area contributed by atoms with Crippen LogP contribution in [-0.2, 0) is 9.59 Å². The number of hydrogen-bond donors (Lipinski definition) is 4. The van der Waals surface area contributed by atoms with Crippen LogP contribution in [0.2, 0.25) is 0 Å². The predicted molar refractivity (Wildman–Crippen MR) is 188 cm³/mol. The number of amides is 2. The van der Waals surface area contributed by atoms with E-state index in [1.165, 1.54) is 4.90 Å². The van der Waals surface area contributed by atoms with Crippen molar-refractivity contribution >= 4 is 40.5 Å². The van der Waals surface area contributed by atoms with E-state index < -0.39 is 23.9 Å². The van der Waals surface area contributed by atoms with Crippen molar-refractivity contribution in [1.29, 1.82) is 0 Å². The number of para-hydroxylation sites is 1. The molecule has 1 aliphatic carbocycles. The van der Waals surface area contributed by atoms with E-state index in [4.69, 9.17) is 0 Å². The summed E-state index contributed by atoms with van der Waals surface area (Å²) >= 11 is 0. The van der Waals surface area contributed by atoms with Gasteiger partial charge in [-0.05, 0) is 109 Å². The number of aliphatic hydroxyl groups excluding tert-OH is 2. The molecule has 0 radical (unpaired) electrons. The number of anilines is 3. The summed E-state index contributed by atoms with van der Waals surface area (Å²) in [5.74, 6) is -2.47. The van der Waals surface area contributed by atoms with Gasteiger partial charge in [-0.15, -0.1) is 0 Å². The molecule has 0 saturated carbocycles. The molecule has 1 aromatic heterocycles. The van der Waals surface area contributed by atoms with Crippen LogP contribution in [0.15, 0.2) is 114 Å². The molecule has 8 heteroatoms. The van der Waals surface area contributed by atoms with Gasteiger partial charge in [0.25, 0.3) is 0 Å². The molecule has 0 bridgehead atoms. The molecule has 246 valence electrons. The van der Waals surface area contributed by atoms with Crippen LogP contribution < -0.4 is 10.2 Å². The average Bonchev–Trinajstić information content (AvgIpc) is 3.35. The summed E-state index contributed by atoms with van der Waals surface area (Å²) in [5, 5.41) is 35.9. The van der Waals surface area contributed by atoms with Gasteiger partial charge in [-0.1, -0.05) is 55.3 Å². The third kappa shape index (κ3) is 6.95. The van der Waals surface area contributed by atoms with Crippen LogP contribution in [0.3, 0.4) is 0 Å². The van der Waals surface area contributed by atoms with Gasteiger partial charge in [0.1, 0.15) is 5.75 Å². The molecule has 4 aromatic rings. The Morgan fingerprint density at radius 1 is 0.958 bits per heavy atom. The minimum absolute atomic E-state index is 0.158. The number of aromatic nitrogens is 1. The number of fused-ring (bicyclic) bond motifs is 1. The minimum atomic E-state index is -0.929. The number of benzene rings is 3. The molecule has 2 amide bonds. The lowest BCUT2D eigenvalue weighted by Gasteiger charge is -2.36. The molecule has 4 N–H and O–H groups in total. The Labute approximate surface area is 281 Å². The van der Waals surface area contributed by atoms with E-state index in [1.54, 1.807) is 36.5 Å². The predicted octanol–water partition coefficient (Wildman–Crippen LogP) is 7.13. The smallest absolute Gasteiger partial charge is 0.238 e. The maximum absolute atomic E-state index is 14.0. The number of aromatic hydroxyl groups is 1. The van der Waals surface area contributed by atoms with Crippen molar-refractivity contribution < 1.29 is 24.9 Å². The van der Waals surface area contributed by atoms with Crippen molar-refractivity contribution in [3.05, 3.63) is 126 Å². The monoisotopic (exact) mass is 643 g/mol. The lowest BCUT2D eigenvalue weighted by atomic mass is 9.67. The normalized spacial score (nSPS) is 20.2. The number of nitrogens with one attached hydrogen (secondary N) is 1. The minimum Gasteiger partial charge on any atom is -0.508 e. The third-order valence-corrected chi connectivity index (χ3v) is 9.37. The van der Waals surface area contributed by atoms with E-state index in [0.29, 0.717) is 36.9 Å². The molecule has 8 nitrogen and oxygen atoms in total. The van der Waals surface area contributed by atoms with E-state index in [9.17, 15) is 24.9 Å². The van der Waals surface area contributed by atoms with Crippen molar-refractivity contribution in [2.45, 2.75) is 45.1 Å². The Bertz CT molecular complexity index is 1800. The largest absolute Gasteiger partial charge is 0.508 e. The molecular formula is C40H41N3O5. The zero-order valence-corrected chi connectivity index (χ0v) is 27.0. The Balaban J connectivity index is 1.24. The molecular weight excluding hydrogens is 602 g/mol. The zero-order chi connectivity index (χ0) is 33.6. The van der Waals surface area contributed by atoms with Crippen molar-refractivity contribution in [3.63, 3.8) is 0 Å². The van der Waals surface area contributed by atoms with E-state index >= 15 is 0 Å². The molecule has 2 aliphatic rings. The van der Waals surface area contributed by atoms with Crippen LogP contribution in [0.25, 0.3) is 11.6 Å². The van der Waals surface area contributed by atoms with Gasteiger partial charge >= 0.3 is 0 Å². The molecule has 3 aromatic carbocycles. The van der Waals surface area contributed by atoms with Crippen molar-refractivity contribution in [3.8, 4) is 5.75 Å². The van der Waals surface area contributed by atoms with E-state index in [2.05, 4.69) is 10.3 Å². The topological polar surface area (TPSA) is 123 Å². The average molecular weight is 644 g/mol. The lowest BCUT2D eigenvalue weighted by Crippen LogP contribution is -2.39. The Hall–Kier alpha value is -5.05. The van der Waals surface area contributed by atoms with Gasteiger partial charge in [0.05, 0.1) is 35.9 Å². The fourth-order valence-electron chi connectivity index (χ4n) is 7.22. The number of rotatable bonds is 12. The Morgan fingerprint density at radius 3 is 2.40 bits per heavy atom. The molecule has 1 aliphatic heterocycles. The number of nitrogens with zero attached hydrogens (tertiary/aromatic N) is 2. The molecule has 6 rings (SSSR count). The fourth-order valence-corrected chi connectivity index (χ4v) is 7.22. The molecule has 1 saturated heterocycles. The molecule has 4 atom stereocenters. The van der Waals surface area contributed by atoms with Crippen LogP contribution in [0.5, 0.6) is 5.75 Å². The van der Waals surface area contributed by atoms with E-state index in [0.717, 1.165) is 40.2 Å². The van der Waals surface area contributed by atoms with Crippen LogP contribution in [-0.4, -0.2) is 44.8 Å². The van der Waals surface area contributed by atoms with Crippen LogP contribution in [0.4, 0.5) is 17.1 Å². The highest BCUT2D eigenvalue weighted by molar-refractivity contribution is 6.22. The lowest BCUT2D eigenvalue weighted by molar-refractivity contribution is -0.123. The summed E-state index contributed by atoms with van der Waals surface area (Å²) in [5.41, 5.74) is 6.34. The number of aliphatic hydroxyl groups is 2. The van der Waals surface area contributed by atoms with Crippen molar-refractivity contribution in [2.24, 2.45) is 17.8 Å². The van der Waals surface area contributed by atoms with Gasteiger partial charge in [0, 0.05) is 23.5 Å². The highest BCUT2D eigenvalue weighted by Crippen LogP contribution is 2.48. The first-order chi connectivity index (χ1) is 23.4. The summed E-state index contributed by atoms with van der Waals surface area (Å²) in [6, 6.07) is 29.6. The maximum atomic E-state index is 14.0. The van der Waals surface area contributed by atoms with E-state index in [-0.39, 0.29) is 24.2 Å². The molecule has 2 heterocycles. The second-order valence-electron chi connectivity index (χ2n) is 12.5. The Morgan fingerprint density at radius 2 is 1.71 bits per heavy atom. The van der Waals surface area contributed by atoms with Crippen molar-refractivity contribution in [1.82, 2.24) is 4.98 Å². The summed E-state index contributed by atoms with van der Waals surface area (Å²) < 4.78 is 0. The highest BCUT2D eigenvalue weighted by atomic mass is 16.3. The number of imide groups is 1. The summed E-state index contributed by atoms with van der Waals surface area (Å²) in [6.45, 7) is 1.70. The number of phenolic OH excluding ortho intramolecular Hbond substituents is 1. The van der Waals surface area contributed by atoms with Gasteiger partial charge in [-0.3, -0.25) is 19.5 Å².